The fourth-order valence-corrected chi connectivity index (χ4v) is 2.48. The van der Waals surface area contributed by atoms with Crippen molar-refractivity contribution in [1.82, 2.24) is 14.9 Å². The van der Waals surface area contributed by atoms with E-state index in [4.69, 9.17) is 5.11 Å². The minimum Gasteiger partial charge on any atom is -0.394 e. The summed E-state index contributed by atoms with van der Waals surface area (Å²) in [5.41, 5.74) is 3.48. The average Bonchev–Trinajstić information content (AvgIpc) is 3.03. The van der Waals surface area contributed by atoms with E-state index >= 15 is 0 Å². The molecule has 2 N–H and O–H groups in total. The molecule has 1 atom stereocenters. The van der Waals surface area contributed by atoms with E-state index in [1.807, 2.05) is 47.9 Å². The molecule has 5 heteroatoms. The third kappa shape index (κ3) is 3.10. The number of aliphatic hydroxyl groups is 1. The number of rotatable bonds is 5. The number of carbonyl (C=O) groups excluding carboxylic acids is 1. The monoisotopic (exact) mass is 309 g/mol. The summed E-state index contributed by atoms with van der Waals surface area (Å²) < 4.78 is 1.99. The first-order valence-corrected chi connectivity index (χ1v) is 7.67. The zero-order chi connectivity index (χ0) is 16.2. The van der Waals surface area contributed by atoms with Gasteiger partial charge in [0, 0.05) is 11.3 Å². The van der Waals surface area contributed by atoms with Gasteiger partial charge in [-0.15, -0.1) is 0 Å². The highest BCUT2D eigenvalue weighted by atomic mass is 16.3. The Bertz CT molecular complexity index is 805. The Balaban J connectivity index is 1.83. The SMILES string of the molecule is CCC(CO)NC(=O)c1ccc(-n2cnc3ccccc32)cc1. The van der Waals surface area contributed by atoms with E-state index in [1.54, 1.807) is 18.5 Å². The van der Waals surface area contributed by atoms with E-state index in [2.05, 4.69) is 10.3 Å². The largest absolute Gasteiger partial charge is 0.394 e. The van der Waals surface area contributed by atoms with E-state index in [-0.39, 0.29) is 18.6 Å². The molecule has 3 aromatic rings. The molecule has 118 valence electrons. The van der Waals surface area contributed by atoms with E-state index in [9.17, 15) is 4.79 Å². The molecule has 0 fully saturated rings. The van der Waals surface area contributed by atoms with Crippen molar-refractivity contribution in [3.8, 4) is 5.69 Å². The maximum absolute atomic E-state index is 12.1. The Hall–Kier alpha value is -2.66. The third-order valence-corrected chi connectivity index (χ3v) is 3.91. The second-order valence-corrected chi connectivity index (χ2v) is 5.41. The molecule has 0 spiro atoms. The minimum atomic E-state index is -0.209. The summed E-state index contributed by atoms with van der Waals surface area (Å²) in [4.78, 5) is 16.5. The fraction of sp³-hybridized carbons (Fsp3) is 0.222. The summed E-state index contributed by atoms with van der Waals surface area (Å²) in [7, 11) is 0. The number of para-hydroxylation sites is 2. The van der Waals surface area contributed by atoms with Crippen molar-refractivity contribution in [2.45, 2.75) is 19.4 Å². The van der Waals surface area contributed by atoms with Crippen LogP contribution in [-0.4, -0.2) is 33.2 Å². The lowest BCUT2D eigenvalue weighted by atomic mass is 10.1. The molecule has 0 aliphatic carbocycles. The number of carbonyl (C=O) groups is 1. The van der Waals surface area contributed by atoms with Crippen LogP contribution < -0.4 is 5.32 Å². The van der Waals surface area contributed by atoms with Crippen molar-refractivity contribution in [2.24, 2.45) is 0 Å². The van der Waals surface area contributed by atoms with Crippen LogP contribution >= 0.6 is 0 Å². The van der Waals surface area contributed by atoms with Gasteiger partial charge >= 0.3 is 0 Å². The summed E-state index contributed by atoms with van der Waals surface area (Å²) >= 11 is 0. The molecule has 0 radical (unpaired) electrons. The Morgan fingerprint density at radius 1 is 1.22 bits per heavy atom. The highest BCUT2D eigenvalue weighted by Gasteiger charge is 2.11. The number of nitrogens with zero attached hydrogens (tertiary/aromatic N) is 2. The Kier molecular flexibility index (Phi) is 4.39. The first-order chi connectivity index (χ1) is 11.2. The summed E-state index contributed by atoms with van der Waals surface area (Å²) in [5, 5.41) is 12.0. The van der Waals surface area contributed by atoms with Gasteiger partial charge in [0.05, 0.1) is 23.7 Å². The Morgan fingerprint density at radius 3 is 2.65 bits per heavy atom. The van der Waals surface area contributed by atoms with Crippen molar-refractivity contribution in [3.05, 3.63) is 60.4 Å². The number of benzene rings is 2. The molecule has 0 saturated heterocycles. The zero-order valence-corrected chi connectivity index (χ0v) is 12.9. The van der Waals surface area contributed by atoms with Crippen LogP contribution in [0.5, 0.6) is 0 Å². The smallest absolute Gasteiger partial charge is 0.251 e. The van der Waals surface area contributed by atoms with Crippen molar-refractivity contribution in [2.75, 3.05) is 6.61 Å². The standard InChI is InChI=1S/C18H19N3O2/c1-2-14(11-22)20-18(23)13-7-9-15(10-8-13)21-12-19-16-5-3-4-6-17(16)21/h3-10,12,14,22H,2,11H2,1H3,(H,20,23). The lowest BCUT2D eigenvalue weighted by molar-refractivity contribution is 0.0915. The van der Waals surface area contributed by atoms with Gasteiger partial charge < -0.3 is 10.4 Å². The van der Waals surface area contributed by atoms with E-state index in [0.717, 1.165) is 16.7 Å². The molecular weight excluding hydrogens is 290 g/mol. The van der Waals surface area contributed by atoms with E-state index < -0.39 is 0 Å². The van der Waals surface area contributed by atoms with Crippen LogP contribution in [0.2, 0.25) is 0 Å². The van der Waals surface area contributed by atoms with E-state index in [0.29, 0.717) is 12.0 Å². The van der Waals surface area contributed by atoms with Crippen LogP contribution in [0.1, 0.15) is 23.7 Å². The van der Waals surface area contributed by atoms with Crippen molar-refractivity contribution < 1.29 is 9.90 Å². The topological polar surface area (TPSA) is 67.2 Å². The number of amides is 1. The first kappa shape index (κ1) is 15.2. The zero-order valence-electron chi connectivity index (χ0n) is 12.9. The lowest BCUT2D eigenvalue weighted by Gasteiger charge is -2.14. The molecule has 3 rings (SSSR count). The van der Waals surface area contributed by atoms with Crippen molar-refractivity contribution >= 4 is 16.9 Å². The predicted octanol–water partition coefficient (Wildman–Crippen LogP) is 2.53. The lowest BCUT2D eigenvalue weighted by Crippen LogP contribution is -2.36. The second-order valence-electron chi connectivity index (χ2n) is 5.41. The van der Waals surface area contributed by atoms with Gasteiger partial charge in [-0.3, -0.25) is 9.36 Å². The van der Waals surface area contributed by atoms with Gasteiger partial charge in [-0.1, -0.05) is 19.1 Å². The summed E-state index contributed by atoms with van der Waals surface area (Å²) in [6.07, 6.45) is 2.47. The molecule has 1 unspecified atom stereocenters. The summed E-state index contributed by atoms with van der Waals surface area (Å²) in [5.74, 6) is -0.173. The molecule has 1 amide bonds. The molecule has 0 aliphatic heterocycles. The Labute approximate surface area is 134 Å². The molecule has 5 nitrogen and oxygen atoms in total. The highest BCUT2D eigenvalue weighted by molar-refractivity contribution is 5.94. The van der Waals surface area contributed by atoms with Crippen LogP contribution in [0, 0.1) is 0 Å². The first-order valence-electron chi connectivity index (χ1n) is 7.67. The fourth-order valence-electron chi connectivity index (χ4n) is 2.48. The molecule has 23 heavy (non-hydrogen) atoms. The average molecular weight is 309 g/mol. The predicted molar refractivity (Wildman–Crippen MR) is 89.7 cm³/mol. The molecular formula is C18H19N3O2. The number of nitrogens with one attached hydrogen (secondary N) is 1. The van der Waals surface area contributed by atoms with Crippen LogP contribution in [0.3, 0.4) is 0 Å². The number of hydrogen-bond donors (Lipinski definition) is 2. The second kappa shape index (κ2) is 6.62. The van der Waals surface area contributed by atoms with Gasteiger partial charge in [-0.25, -0.2) is 4.98 Å². The van der Waals surface area contributed by atoms with Crippen molar-refractivity contribution in [3.63, 3.8) is 0 Å². The number of fused-ring (bicyclic) bond motifs is 1. The van der Waals surface area contributed by atoms with Gasteiger partial charge in [-0.2, -0.15) is 0 Å². The maximum Gasteiger partial charge on any atom is 0.251 e. The number of aliphatic hydroxyl groups excluding tert-OH is 1. The van der Waals surface area contributed by atoms with Crippen LogP contribution in [0.4, 0.5) is 0 Å². The molecule has 0 bridgehead atoms. The highest BCUT2D eigenvalue weighted by Crippen LogP contribution is 2.18. The van der Waals surface area contributed by atoms with Crippen LogP contribution in [0.25, 0.3) is 16.7 Å². The van der Waals surface area contributed by atoms with Gasteiger partial charge in [0.25, 0.3) is 5.91 Å². The number of aromatic nitrogens is 2. The van der Waals surface area contributed by atoms with Gasteiger partial charge in [0.15, 0.2) is 0 Å². The quantitative estimate of drug-likeness (QED) is 0.761. The molecule has 1 aromatic heterocycles. The third-order valence-electron chi connectivity index (χ3n) is 3.91. The summed E-state index contributed by atoms with van der Waals surface area (Å²) in [6, 6.07) is 15.0. The number of imidazole rings is 1. The van der Waals surface area contributed by atoms with Gasteiger partial charge in [-0.05, 0) is 42.8 Å². The van der Waals surface area contributed by atoms with Gasteiger partial charge in [0.2, 0.25) is 0 Å². The molecule has 0 aliphatic rings. The van der Waals surface area contributed by atoms with Crippen LogP contribution in [-0.2, 0) is 0 Å². The molecule has 2 aromatic carbocycles. The normalized spacial score (nSPS) is 12.3. The maximum atomic E-state index is 12.1. The summed E-state index contributed by atoms with van der Waals surface area (Å²) in [6.45, 7) is 1.87. The molecule has 1 heterocycles. The van der Waals surface area contributed by atoms with E-state index in [1.165, 1.54) is 0 Å². The minimum absolute atomic E-state index is 0.0542. The number of hydrogen-bond acceptors (Lipinski definition) is 3. The molecule has 0 saturated carbocycles. The van der Waals surface area contributed by atoms with Gasteiger partial charge in [0.1, 0.15) is 6.33 Å². The van der Waals surface area contributed by atoms with Crippen LogP contribution in [0.15, 0.2) is 54.9 Å². The van der Waals surface area contributed by atoms with Crippen molar-refractivity contribution in [1.29, 1.82) is 0 Å². The Morgan fingerprint density at radius 2 is 1.96 bits per heavy atom.